The molecule has 2 fully saturated rings. The standard InChI is InChI=1S/C23H20F5N3O5S/c24-19-9-17(37(29,34)35)6-7-18(19)21(33)31-11-15-10-30(12-22(15,25)13-31)20(32)8-3-14-1-4-16(5-2-14)36-23(26,27)28/h1-9,15H,10-13H2,(H2,29,34,35)/b8-3+/t15-,22+/m0/s1. The fourth-order valence-corrected chi connectivity index (χ4v) is 4.91. The smallest absolute Gasteiger partial charge is 0.406 e. The lowest BCUT2D eigenvalue weighted by Crippen LogP contribution is -2.39. The maximum atomic E-state index is 15.6. The van der Waals surface area contributed by atoms with Crippen LogP contribution >= 0.6 is 0 Å². The number of nitrogens with two attached hydrogens (primary N) is 1. The first-order valence-electron chi connectivity index (χ1n) is 10.8. The summed E-state index contributed by atoms with van der Waals surface area (Å²) in [6.07, 6.45) is -2.30. The number of halogens is 5. The summed E-state index contributed by atoms with van der Waals surface area (Å²) in [6, 6.07) is 7.39. The van der Waals surface area contributed by atoms with Crippen molar-refractivity contribution in [3.63, 3.8) is 0 Å². The van der Waals surface area contributed by atoms with Crippen molar-refractivity contribution < 1.29 is 44.7 Å². The van der Waals surface area contributed by atoms with Crippen LogP contribution < -0.4 is 9.88 Å². The zero-order valence-electron chi connectivity index (χ0n) is 18.9. The second-order valence-electron chi connectivity index (χ2n) is 8.77. The van der Waals surface area contributed by atoms with Gasteiger partial charge in [-0.1, -0.05) is 12.1 Å². The predicted octanol–water partition coefficient (Wildman–Crippen LogP) is 2.71. The van der Waals surface area contributed by atoms with Gasteiger partial charge in [-0.05, 0) is 42.0 Å². The van der Waals surface area contributed by atoms with Crippen molar-refractivity contribution in [1.29, 1.82) is 0 Å². The molecule has 2 N–H and O–H groups in total. The molecule has 2 aromatic rings. The van der Waals surface area contributed by atoms with Gasteiger partial charge in [0.25, 0.3) is 5.91 Å². The zero-order chi connectivity index (χ0) is 27.2. The van der Waals surface area contributed by atoms with Gasteiger partial charge in [-0.25, -0.2) is 22.3 Å². The molecule has 0 saturated carbocycles. The van der Waals surface area contributed by atoms with Crippen molar-refractivity contribution in [2.24, 2.45) is 11.1 Å². The molecule has 4 rings (SSSR count). The molecular formula is C23H20F5N3O5S. The number of primary sulfonamides is 1. The molecule has 0 radical (unpaired) electrons. The van der Waals surface area contributed by atoms with Crippen LogP contribution in [0.15, 0.2) is 53.4 Å². The van der Waals surface area contributed by atoms with Gasteiger partial charge in [0.2, 0.25) is 15.9 Å². The number of likely N-dealkylation sites (tertiary alicyclic amines) is 2. The van der Waals surface area contributed by atoms with Crippen LogP contribution in [-0.4, -0.2) is 68.2 Å². The van der Waals surface area contributed by atoms with E-state index in [1.165, 1.54) is 23.1 Å². The molecule has 14 heteroatoms. The maximum absolute atomic E-state index is 15.6. The molecule has 37 heavy (non-hydrogen) atoms. The Morgan fingerprint density at radius 2 is 1.68 bits per heavy atom. The van der Waals surface area contributed by atoms with E-state index in [9.17, 15) is 35.6 Å². The zero-order valence-corrected chi connectivity index (χ0v) is 19.7. The van der Waals surface area contributed by atoms with Gasteiger partial charge in [0, 0.05) is 25.1 Å². The molecule has 0 aromatic heterocycles. The lowest BCUT2D eigenvalue weighted by Gasteiger charge is -2.23. The summed E-state index contributed by atoms with van der Waals surface area (Å²) < 4.78 is 93.2. The summed E-state index contributed by atoms with van der Waals surface area (Å²) in [6.45, 7) is -0.786. The summed E-state index contributed by atoms with van der Waals surface area (Å²) in [4.78, 5) is 27.2. The van der Waals surface area contributed by atoms with Crippen LogP contribution in [0.1, 0.15) is 15.9 Å². The molecule has 0 spiro atoms. The molecule has 0 unspecified atom stereocenters. The van der Waals surface area contributed by atoms with Crippen molar-refractivity contribution in [3.8, 4) is 5.75 Å². The fraction of sp³-hybridized carbons (Fsp3) is 0.304. The number of carbonyl (C=O) groups is 2. The van der Waals surface area contributed by atoms with E-state index >= 15 is 4.39 Å². The third-order valence-electron chi connectivity index (χ3n) is 6.15. The second-order valence-corrected chi connectivity index (χ2v) is 10.3. The Labute approximate surface area is 208 Å². The minimum absolute atomic E-state index is 0.00531. The van der Waals surface area contributed by atoms with Crippen LogP contribution in [0.2, 0.25) is 0 Å². The van der Waals surface area contributed by atoms with E-state index in [-0.39, 0.29) is 26.2 Å². The fourth-order valence-electron chi connectivity index (χ4n) is 4.38. The van der Waals surface area contributed by atoms with Crippen LogP contribution in [0.3, 0.4) is 0 Å². The van der Waals surface area contributed by atoms with Crippen molar-refractivity contribution in [2.75, 3.05) is 26.2 Å². The second kappa shape index (κ2) is 9.41. The van der Waals surface area contributed by atoms with Gasteiger partial charge in [0.1, 0.15) is 11.6 Å². The molecule has 0 bridgehead atoms. The van der Waals surface area contributed by atoms with Gasteiger partial charge in [-0.3, -0.25) is 9.59 Å². The first-order chi connectivity index (χ1) is 17.1. The predicted molar refractivity (Wildman–Crippen MR) is 120 cm³/mol. The summed E-state index contributed by atoms with van der Waals surface area (Å²) in [5, 5.41) is 4.95. The quantitative estimate of drug-likeness (QED) is 0.459. The van der Waals surface area contributed by atoms with Crippen LogP contribution in [0.25, 0.3) is 6.08 Å². The van der Waals surface area contributed by atoms with E-state index in [2.05, 4.69) is 4.74 Å². The summed E-state index contributed by atoms with van der Waals surface area (Å²) in [5.41, 5.74) is -1.93. The highest BCUT2D eigenvalue weighted by Crippen LogP contribution is 2.39. The first kappa shape index (κ1) is 26.5. The number of carbonyl (C=O) groups excluding carboxylic acids is 2. The number of rotatable bonds is 5. The number of alkyl halides is 4. The van der Waals surface area contributed by atoms with Gasteiger partial charge in [0.15, 0.2) is 5.67 Å². The number of hydrogen-bond donors (Lipinski definition) is 1. The molecule has 2 atom stereocenters. The molecule has 2 heterocycles. The minimum Gasteiger partial charge on any atom is -0.406 e. The van der Waals surface area contributed by atoms with Crippen LogP contribution in [0, 0.1) is 11.7 Å². The molecule has 2 aliphatic rings. The number of amides is 2. The van der Waals surface area contributed by atoms with Gasteiger partial charge < -0.3 is 14.5 Å². The van der Waals surface area contributed by atoms with Gasteiger partial charge in [-0.2, -0.15) is 0 Å². The van der Waals surface area contributed by atoms with E-state index in [1.54, 1.807) is 0 Å². The van der Waals surface area contributed by atoms with E-state index in [1.807, 2.05) is 0 Å². The average molecular weight is 545 g/mol. The van der Waals surface area contributed by atoms with Crippen LogP contribution in [0.4, 0.5) is 22.0 Å². The van der Waals surface area contributed by atoms with E-state index in [4.69, 9.17) is 5.14 Å². The number of benzene rings is 2. The van der Waals surface area contributed by atoms with E-state index in [0.29, 0.717) is 11.6 Å². The first-order valence-corrected chi connectivity index (χ1v) is 12.3. The summed E-state index contributed by atoms with van der Waals surface area (Å²) >= 11 is 0. The summed E-state index contributed by atoms with van der Waals surface area (Å²) in [7, 11) is -4.17. The Bertz CT molecular complexity index is 1360. The lowest BCUT2D eigenvalue weighted by atomic mass is 9.97. The van der Waals surface area contributed by atoms with Gasteiger partial charge in [0.05, 0.1) is 23.5 Å². The highest BCUT2D eigenvalue weighted by Gasteiger charge is 2.55. The molecule has 2 amide bonds. The normalized spacial score (nSPS) is 21.9. The highest BCUT2D eigenvalue weighted by atomic mass is 32.2. The number of fused-ring (bicyclic) bond motifs is 1. The van der Waals surface area contributed by atoms with Crippen molar-refractivity contribution in [3.05, 3.63) is 65.5 Å². The number of sulfonamides is 1. The molecule has 2 aliphatic heterocycles. The monoisotopic (exact) mass is 545 g/mol. The maximum Gasteiger partial charge on any atom is 0.573 e. The molecule has 2 saturated heterocycles. The Morgan fingerprint density at radius 3 is 2.24 bits per heavy atom. The van der Waals surface area contributed by atoms with E-state index in [0.717, 1.165) is 35.2 Å². The third-order valence-corrected chi connectivity index (χ3v) is 7.06. The lowest BCUT2D eigenvalue weighted by molar-refractivity contribution is -0.274. The van der Waals surface area contributed by atoms with Crippen molar-refractivity contribution >= 4 is 27.9 Å². The Balaban J connectivity index is 1.37. The van der Waals surface area contributed by atoms with Crippen LogP contribution in [-0.2, 0) is 14.8 Å². The largest absolute Gasteiger partial charge is 0.573 e. The highest BCUT2D eigenvalue weighted by molar-refractivity contribution is 7.89. The third kappa shape index (κ3) is 5.91. The number of hydrogen-bond acceptors (Lipinski definition) is 5. The van der Waals surface area contributed by atoms with Crippen molar-refractivity contribution in [2.45, 2.75) is 16.9 Å². The van der Waals surface area contributed by atoms with E-state index < -0.39 is 61.8 Å². The number of nitrogens with zero attached hydrogens (tertiary/aromatic N) is 2. The Morgan fingerprint density at radius 1 is 1.05 bits per heavy atom. The van der Waals surface area contributed by atoms with Gasteiger partial charge >= 0.3 is 6.36 Å². The molecule has 2 aromatic carbocycles. The van der Waals surface area contributed by atoms with Crippen molar-refractivity contribution in [1.82, 2.24) is 9.80 Å². The van der Waals surface area contributed by atoms with Crippen LogP contribution in [0.5, 0.6) is 5.75 Å². The molecule has 8 nitrogen and oxygen atoms in total. The topological polar surface area (TPSA) is 110 Å². The molecule has 0 aliphatic carbocycles. The SMILES string of the molecule is NS(=O)(=O)c1ccc(C(=O)N2C[C@@H]3CN(C(=O)/C=C/c4ccc(OC(F)(F)F)cc4)C[C@@]3(F)C2)c(F)c1. The number of ether oxygens (including phenoxy) is 1. The Kier molecular flexibility index (Phi) is 6.75. The van der Waals surface area contributed by atoms with Gasteiger partial charge in [-0.15, -0.1) is 13.2 Å². The molecular weight excluding hydrogens is 525 g/mol. The average Bonchev–Trinajstić information content (AvgIpc) is 3.28. The Hall–Kier alpha value is -3.52. The molecule has 198 valence electrons. The summed E-state index contributed by atoms with van der Waals surface area (Å²) in [5.74, 6) is -3.59. The minimum atomic E-state index is -4.82.